The predicted octanol–water partition coefficient (Wildman–Crippen LogP) is 4.88. The Bertz CT molecular complexity index is 924. The average molecular weight is 339 g/mol. The first-order valence-electron chi connectivity index (χ1n) is 8.56. The van der Waals surface area contributed by atoms with E-state index in [1.807, 2.05) is 39.8 Å². The maximum Gasteiger partial charge on any atom is 0.237 e. The lowest BCUT2D eigenvalue weighted by Gasteiger charge is -2.21. The largest absolute Gasteiger partial charge is 0.474 e. The fourth-order valence-corrected chi connectivity index (χ4v) is 2.97. The van der Waals surface area contributed by atoms with Gasteiger partial charge in [0, 0.05) is 41.1 Å². The van der Waals surface area contributed by atoms with Crippen LogP contribution in [0, 0.1) is 19.7 Å². The lowest BCUT2D eigenvalue weighted by molar-refractivity contribution is 0.310. The van der Waals surface area contributed by atoms with Crippen molar-refractivity contribution in [2.24, 2.45) is 0 Å². The normalized spacial score (nSPS) is 12.5. The summed E-state index contributed by atoms with van der Waals surface area (Å²) in [5.41, 5.74) is 4.02. The third kappa shape index (κ3) is 3.14. The summed E-state index contributed by atoms with van der Waals surface area (Å²) < 4.78 is 20.1. The zero-order valence-corrected chi connectivity index (χ0v) is 15.0. The molecular formula is C20H22FN3O. The first-order valence-corrected chi connectivity index (χ1v) is 8.56. The standard InChI is InChI=1S/C18H16FN3O.C2H6/c1-10-5-12-6-14(16(19)7-13(12)8-21-10)15-9-22-18-17(11(15)2)20-3-4-23-18;1-2/h5-9,20H,3-4H2,1-2H3;1-2H3. The number of ether oxygens (including phenoxy) is 1. The van der Waals surface area contributed by atoms with Gasteiger partial charge in [-0.25, -0.2) is 9.37 Å². The van der Waals surface area contributed by atoms with Crippen molar-refractivity contribution in [2.45, 2.75) is 27.7 Å². The van der Waals surface area contributed by atoms with Gasteiger partial charge in [0.15, 0.2) is 0 Å². The van der Waals surface area contributed by atoms with Crippen molar-refractivity contribution in [3.63, 3.8) is 0 Å². The van der Waals surface area contributed by atoms with Crippen molar-refractivity contribution in [1.29, 1.82) is 0 Å². The smallest absolute Gasteiger partial charge is 0.237 e. The molecule has 1 aromatic carbocycles. The summed E-state index contributed by atoms with van der Waals surface area (Å²) in [5, 5.41) is 5.05. The number of nitrogens with one attached hydrogen (secondary N) is 1. The van der Waals surface area contributed by atoms with Crippen LogP contribution in [0.2, 0.25) is 0 Å². The number of anilines is 1. The van der Waals surface area contributed by atoms with Gasteiger partial charge in [0.05, 0.1) is 0 Å². The van der Waals surface area contributed by atoms with E-state index < -0.39 is 0 Å². The Labute approximate surface area is 147 Å². The van der Waals surface area contributed by atoms with Crippen molar-refractivity contribution < 1.29 is 9.13 Å². The predicted molar refractivity (Wildman–Crippen MR) is 99.7 cm³/mol. The maximum atomic E-state index is 14.6. The number of pyridine rings is 2. The van der Waals surface area contributed by atoms with Crippen LogP contribution >= 0.6 is 0 Å². The zero-order chi connectivity index (χ0) is 18.0. The molecular weight excluding hydrogens is 317 g/mol. The molecule has 1 aliphatic heterocycles. The number of hydrogen-bond acceptors (Lipinski definition) is 4. The number of nitrogens with zero attached hydrogens (tertiary/aromatic N) is 2. The van der Waals surface area contributed by atoms with E-state index in [-0.39, 0.29) is 5.82 Å². The molecule has 0 fully saturated rings. The molecule has 3 heterocycles. The summed E-state index contributed by atoms with van der Waals surface area (Å²) in [6, 6.07) is 5.35. The first-order chi connectivity index (χ1) is 12.1. The van der Waals surface area contributed by atoms with Crippen LogP contribution in [0.25, 0.3) is 21.9 Å². The van der Waals surface area contributed by atoms with Crippen molar-refractivity contribution in [2.75, 3.05) is 18.5 Å². The molecule has 0 bridgehead atoms. The zero-order valence-electron chi connectivity index (χ0n) is 15.0. The highest BCUT2D eigenvalue weighted by Gasteiger charge is 2.19. The fourth-order valence-electron chi connectivity index (χ4n) is 2.97. The fraction of sp³-hybridized carbons (Fsp3) is 0.300. The van der Waals surface area contributed by atoms with Crippen LogP contribution in [0.15, 0.2) is 30.6 Å². The molecule has 0 saturated carbocycles. The summed E-state index contributed by atoms with van der Waals surface area (Å²) in [6.45, 7) is 9.20. The molecule has 4 nitrogen and oxygen atoms in total. The monoisotopic (exact) mass is 339 g/mol. The molecule has 0 spiro atoms. The molecule has 5 heteroatoms. The number of hydrogen-bond donors (Lipinski definition) is 1. The lowest BCUT2D eigenvalue weighted by atomic mass is 9.98. The van der Waals surface area contributed by atoms with E-state index in [4.69, 9.17) is 4.74 Å². The molecule has 0 atom stereocenters. The molecule has 0 aliphatic carbocycles. The molecule has 1 aliphatic rings. The quantitative estimate of drug-likeness (QED) is 0.686. The van der Waals surface area contributed by atoms with E-state index in [0.717, 1.165) is 39.8 Å². The summed E-state index contributed by atoms with van der Waals surface area (Å²) in [4.78, 5) is 8.55. The van der Waals surface area contributed by atoms with Gasteiger partial charge < -0.3 is 10.1 Å². The highest BCUT2D eigenvalue weighted by Crippen LogP contribution is 2.37. The summed E-state index contributed by atoms with van der Waals surface area (Å²) >= 11 is 0. The second-order valence-corrected chi connectivity index (χ2v) is 5.76. The summed E-state index contributed by atoms with van der Waals surface area (Å²) in [7, 11) is 0. The van der Waals surface area contributed by atoms with Gasteiger partial charge >= 0.3 is 0 Å². The van der Waals surface area contributed by atoms with Crippen LogP contribution in [-0.4, -0.2) is 23.1 Å². The molecule has 0 radical (unpaired) electrons. The Morgan fingerprint density at radius 3 is 2.60 bits per heavy atom. The Balaban J connectivity index is 0.000000880. The van der Waals surface area contributed by atoms with Gasteiger partial charge in [0.1, 0.15) is 18.1 Å². The number of fused-ring (bicyclic) bond motifs is 2. The molecule has 25 heavy (non-hydrogen) atoms. The van der Waals surface area contributed by atoms with Crippen LogP contribution in [0.3, 0.4) is 0 Å². The minimum Gasteiger partial charge on any atom is -0.474 e. The van der Waals surface area contributed by atoms with Crippen LogP contribution in [0.4, 0.5) is 10.1 Å². The molecule has 0 unspecified atom stereocenters. The number of halogens is 1. The van der Waals surface area contributed by atoms with Crippen LogP contribution in [-0.2, 0) is 0 Å². The molecule has 3 aromatic rings. The Morgan fingerprint density at radius 2 is 1.80 bits per heavy atom. The van der Waals surface area contributed by atoms with Gasteiger partial charge in [-0.2, -0.15) is 0 Å². The molecule has 0 saturated heterocycles. The number of aromatic nitrogens is 2. The third-order valence-corrected chi connectivity index (χ3v) is 4.18. The van der Waals surface area contributed by atoms with Crippen LogP contribution in [0.5, 0.6) is 5.88 Å². The summed E-state index contributed by atoms with van der Waals surface area (Å²) in [6.07, 6.45) is 3.38. The Kier molecular flexibility index (Phi) is 4.83. The molecule has 2 aromatic heterocycles. The number of aryl methyl sites for hydroxylation is 1. The Morgan fingerprint density at radius 1 is 1.00 bits per heavy atom. The van der Waals surface area contributed by atoms with Crippen molar-refractivity contribution >= 4 is 16.5 Å². The highest BCUT2D eigenvalue weighted by atomic mass is 19.1. The lowest BCUT2D eigenvalue weighted by Crippen LogP contribution is -2.20. The molecule has 4 rings (SSSR count). The van der Waals surface area contributed by atoms with E-state index in [2.05, 4.69) is 15.3 Å². The first kappa shape index (κ1) is 17.1. The third-order valence-electron chi connectivity index (χ3n) is 4.18. The number of benzene rings is 1. The number of rotatable bonds is 1. The van der Waals surface area contributed by atoms with Crippen molar-refractivity contribution in [1.82, 2.24) is 9.97 Å². The second-order valence-electron chi connectivity index (χ2n) is 5.76. The van der Waals surface area contributed by atoms with E-state index in [1.54, 1.807) is 12.4 Å². The SMILES string of the molecule is CC.Cc1cc2cc(-c3cnc4c(c3C)NCCO4)c(F)cc2cn1. The van der Waals surface area contributed by atoms with E-state index in [9.17, 15) is 4.39 Å². The molecule has 1 N–H and O–H groups in total. The highest BCUT2D eigenvalue weighted by molar-refractivity contribution is 5.88. The van der Waals surface area contributed by atoms with Gasteiger partial charge in [-0.15, -0.1) is 0 Å². The van der Waals surface area contributed by atoms with Crippen LogP contribution < -0.4 is 10.1 Å². The van der Waals surface area contributed by atoms with Gasteiger partial charge in [0.25, 0.3) is 0 Å². The molecule has 130 valence electrons. The molecule has 0 amide bonds. The topological polar surface area (TPSA) is 47.0 Å². The second kappa shape index (κ2) is 7.05. The minimum absolute atomic E-state index is 0.273. The van der Waals surface area contributed by atoms with Crippen molar-refractivity contribution in [3.05, 3.63) is 47.7 Å². The van der Waals surface area contributed by atoms with E-state index in [1.165, 1.54) is 6.07 Å². The maximum absolute atomic E-state index is 14.6. The van der Waals surface area contributed by atoms with Gasteiger partial charge in [-0.05, 0) is 43.0 Å². The van der Waals surface area contributed by atoms with Crippen molar-refractivity contribution in [3.8, 4) is 17.0 Å². The summed E-state index contributed by atoms with van der Waals surface area (Å²) in [5.74, 6) is 0.309. The van der Waals surface area contributed by atoms with Crippen LogP contribution in [0.1, 0.15) is 25.1 Å². The minimum atomic E-state index is -0.273. The van der Waals surface area contributed by atoms with E-state index >= 15 is 0 Å². The van der Waals surface area contributed by atoms with Gasteiger partial charge in [0.2, 0.25) is 5.88 Å². The van der Waals surface area contributed by atoms with Gasteiger partial charge in [-0.1, -0.05) is 13.8 Å². The Hall–Kier alpha value is -2.69. The van der Waals surface area contributed by atoms with E-state index in [0.29, 0.717) is 18.1 Å². The average Bonchev–Trinajstić information content (AvgIpc) is 2.64. The van der Waals surface area contributed by atoms with Gasteiger partial charge in [-0.3, -0.25) is 4.98 Å².